The van der Waals surface area contributed by atoms with Gasteiger partial charge in [-0.05, 0) is 31.5 Å². The lowest BCUT2D eigenvalue weighted by Crippen LogP contribution is -1.95. The molecule has 1 aromatic heterocycles. The molecular weight excluding hydrogens is 243 g/mol. The molecule has 16 heavy (non-hydrogen) atoms. The van der Waals surface area contributed by atoms with Crippen molar-refractivity contribution in [2.45, 2.75) is 20.4 Å². The molecule has 2 rings (SSSR count). The van der Waals surface area contributed by atoms with E-state index in [0.717, 1.165) is 23.0 Å². The zero-order valence-corrected chi connectivity index (χ0v) is 10.5. The molecule has 2 nitrogen and oxygen atoms in total. The van der Waals surface area contributed by atoms with Gasteiger partial charge in [0.1, 0.15) is 11.2 Å². The summed E-state index contributed by atoms with van der Waals surface area (Å²) in [5.74, 6) is 0. The molecule has 0 radical (unpaired) electrons. The largest absolute Gasteiger partial charge is 0.330 e. The average molecular weight is 253 g/mol. The average Bonchev–Trinajstić information content (AvgIpc) is 2.56. The minimum absolute atomic E-state index is 0.491. The van der Waals surface area contributed by atoms with Crippen molar-refractivity contribution in [3.8, 4) is 6.07 Å². The number of fused-ring (bicyclic) bond motifs is 1. The van der Waals surface area contributed by atoms with Crippen molar-refractivity contribution in [3.63, 3.8) is 0 Å². The van der Waals surface area contributed by atoms with Gasteiger partial charge in [0.2, 0.25) is 0 Å². The lowest BCUT2D eigenvalue weighted by Gasteiger charge is -2.06. The molecule has 0 atom stereocenters. The van der Waals surface area contributed by atoms with Gasteiger partial charge >= 0.3 is 0 Å². The first-order valence-electron chi connectivity index (χ1n) is 4.98. The second-order valence-corrected chi connectivity index (χ2v) is 4.36. The van der Waals surface area contributed by atoms with E-state index in [9.17, 15) is 0 Å². The Bertz CT molecular complexity index is 606. The summed E-state index contributed by atoms with van der Waals surface area (Å²) in [7, 11) is 0. The number of rotatable bonds is 1. The molecule has 0 amide bonds. The molecule has 0 saturated carbocycles. The number of nitrogens with zero attached hydrogens (tertiary/aromatic N) is 2. The maximum absolute atomic E-state index is 9.10. The quantitative estimate of drug-likeness (QED) is 0.750. The Morgan fingerprint density at radius 3 is 2.62 bits per heavy atom. The van der Waals surface area contributed by atoms with Crippen molar-refractivity contribution in [1.82, 2.24) is 4.57 Å². The van der Waals surface area contributed by atoms with Crippen molar-refractivity contribution >= 4 is 34.1 Å². The third-order valence-corrected chi connectivity index (χ3v) is 3.58. The van der Waals surface area contributed by atoms with Crippen LogP contribution in [0.2, 0.25) is 10.2 Å². The molecule has 0 aliphatic heterocycles. The van der Waals surface area contributed by atoms with Crippen LogP contribution in [-0.4, -0.2) is 4.57 Å². The number of hydrogen-bond donors (Lipinski definition) is 0. The molecule has 0 bridgehead atoms. The van der Waals surface area contributed by atoms with Gasteiger partial charge in [-0.15, -0.1) is 0 Å². The van der Waals surface area contributed by atoms with Crippen LogP contribution in [0.4, 0.5) is 0 Å². The van der Waals surface area contributed by atoms with Crippen molar-refractivity contribution < 1.29 is 0 Å². The smallest absolute Gasteiger partial charge is 0.128 e. The lowest BCUT2D eigenvalue weighted by atomic mass is 10.1. The highest BCUT2D eigenvalue weighted by atomic mass is 35.5. The van der Waals surface area contributed by atoms with E-state index in [1.165, 1.54) is 0 Å². The van der Waals surface area contributed by atoms with Gasteiger partial charge in [0.05, 0.1) is 11.1 Å². The lowest BCUT2D eigenvalue weighted by molar-refractivity contribution is 0.795. The summed E-state index contributed by atoms with van der Waals surface area (Å²) >= 11 is 12.3. The summed E-state index contributed by atoms with van der Waals surface area (Å²) < 4.78 is 1.91. The normalized spacial score (nSPS) is 10.7. The summed E-state index contributed by atoms with van der Waals surface area (Å²) in [4.78, 5) is 0. The number of benzene rings is 1. The van der Waals surface area contributed by atoms with Gasteiger partial charge in [-0.25, -0.2) is 0 Å². The Morgan fingerprint density at radius 2 is 2.06 bits per heavy atom. The number of nitriles is 1. The summed E-state index contributed by atoms with van der Waals surface area (Å²) in [6.07, 6.45) is 0. The fraction of sp³-hybridized carbons (Fsp3) is 0.250. The Labute approximate surface area is 104 Å². The standard InChI is InChI=1S/C12H10Cl2N2/c1-3-16-11-7(2)10(13)5-4-8(11)9(6-15)12(16)14/h4-5H,3H2,1-2H3. The van der Waals surface area contributed by atoms with E-state index >= 15 is 0 Å². The summed E-state index contributed by atoms with van der Waals surface area (Å²) in [5, 5.41) is 11.2. The molecule has 2 aromatic rings. The van der Waals surface area contributed by atoms with Crippen LogP contribution in [-0.2, 0) is 6.54 Å². The predicted octanol–water partition coefficient (Wildman–Crippen LogP) is 4.15. The van der Waals surface area contributed by atoms with Crippen LogP contribution in [0, 0.1) is 18.3 Å². The third kappa shape index (κ3) is 1.40. The van der Waals surface area contributed by atoms with Gasteiger partial charge in [0.15, 0.2) is 0 Å². The predicted molar refractivity (Wildman–Crippen MR) is 67.1 cm³/mol. The Morgan fingerprint density at radius 1 is 1.38 bits per heavy atom. The van der Waals surface area contributed by atoms with Crippen molar-refractivity contribution in [3.05, 3.63) is 33.4 Å². The van der Waals surface area contributed by atoms with Crippen LogP contribution in [0.15, 0.2) is 12.1 Å². The molecule has 1 heterocycles. The van der Waals surface area contributed by atoms with Crippen LogP contribution in [0.5, 0.6) is 0 Å². The molecule has 0 unspecified atom stereocenters. The molecule has 0 fully saturated rings. The second-order valence-electron chi connectivity index (χ2n) is 3.59. The fourth-order valence-corrected chi connectivity index (χ4v) is 2.47. The first-order valence-corrected chi connectivity index (χ1v) is 5.74. The zero-order valence-electron chi connectivity index (χ0n) is 9.01. The zero-order chi connectivity index (χ0) is 11.9. The topological polar surface area (TPSA) is 28.7 Å². The van der Waals surface area contributed by atoms with Crippen LogP contribution in [0.3, 0.4) is 0 Å². The number of aryl methyl sites for hydroxylation is 2. The van der Waals surface area contributed by atoms with E-state index in [2.05, 4.69) is 6.07 Å². The summed E-state index contributed by atoms with van der Waals surface area (Å²) in [5.41, 5.74) is 2.44. The molecule has 1 aromatic carbocycles. The molecule has 0 aliphatic carbocycles. The fourth-order valence-electron chi connectivity index (χ4n) is 1.97. The van der Waals surface area contributed by atoms with Crippen LogP contribution >= 0.6 is 23.2 Å². The maximum atomic E-state index is 9.10. The molecule has 0 N–H and O–H groups in total. The SMILES string of the molecule is CCn1c(Cl)c(C#N)c2ccc(Cl)c(C)c21. The molecule has 4 heteroatoms. The van der Waals surface area contributed by atoms with Gasteiger partial charge in [0.25, 0.3) is 0 Å². The highest BCUT2D eigenvalue weighted by molar-refractivity contribution is 6.34. The van der Waals surface area contributed by atoms with E-state index in [0.29, 0.717) is 15.7 Å². The van der Waals surface area contributed by atoms with E-state index in [4.69, 9.17) is 28.5 Å². The number of hydrogen-bond acceptors (Lipinski definition) is 1. The van der Waals surface area contributed by atoms with Gasteiger partial charge < -0.3 is 4.57 Å². The van der Waals surface area contributed by atoms with Crippen LogP contribution in [0.1, 0.15) is 18.1 Å². The minimum Gasteiger partial charge on any atom is -0.330 e. The minimum atomic E-state index is 0.491. The first kappa shape index (κ1) is 11.3. The Hall–Kier alpha value is -1.17. The molecule has 0 saturated heterocycles. The second kappa shape index (κ2) is 4.01. The van der Waals surface area contributed by atoms with Gasteiger partial charge in [-0.1, -0.05) is 23.2 Å². The highest BCUT2D eigenvalue weighted by Gasteiger charge is 2.17. The maximum Gasteiger partial charge on any atom is 0.128 e. The third-order valence-electron chi connectivity index (χ3n) is 2.78. The van der Waals surface area contributed by atoms with Crippen LogP contribution in [0.25, 0.3) is 10.9 Å². The Balaban J connectivity index is 3.02. The molecule has 82 valence electrons. The number of halogens is 2. The van der Waals surface area contributed by atoms with Gasteiger partial charge in [-0.3, -0.25) is 0 Å². The van der Waals surface area contributed by atoms with Crippen LogP contribution < -0.4 is 0 Å². The molecule has 0 spiro atoms. The summed E-state index contributed by atoms with van der Waals surface area (Å²) in [6.45, 7) is 4.65. The van der Waals surface area contributed by atoms with E-state index in [1.54, 1.807) is 6.07 Å². The van der Waals surface area contributed by atoms with E-state index < -0.39 is 0 Å². The Kier molecular flexibility index (Phi) is 2.84. The van der Waals surface area contributed by atoms with Crippen molar-refractivity contribution in [2.24, 2.45) is 0 Å². The number of aromatic nitrogens is 1. The monoisotopic (exact) mass is 252 g/mol. The van der Waals surface area contributed by atoms with E-state index in [1.807, 2.05) is 24.5 Å². The van der Waals surface area contributed by atoms with Crippen molar-refractivity contribution in [2.75, 3.05) is 0 Å². The van der Waals surface area contributed by atoms with E-state index in [-0.39, 0.29) is 0 Å². The molecule has 0 aliphatic rings. The molecular formula is C12H10Cl2N2. The van der Waals surface area contributed by atoms with Crippen molar-refractivity contribution in [1.29, 1.82) is 5.26 Å². The van der Waals surface area contributed by atoms with Gasteiger partial charge in [-0.2, -0.15) is 5.26 Å². The summed E-state index contributed by atoms with van der Waals surface area (Å²) in [6, 6.07) is 5.79. The highest BCUT2D eigenvalue weighted by Crippen LogP contribution is 2.34. The van der Waals surface area contributed by atoms with Gasteiger partial charge in [0, 0.05) is 17.0 Å². The first-order chi connectivity index (χ1) is 7.61.